The van der Waals surface area contributed by atoms with E-state index in [1.807, 2.05) is 19.9 Å². The number of thioether (sulfide) groups is 1. The molecule has 0 N–H and O–H groups in total. The van der Waals surface area contributed by atoms with Crippen molar-refractivity contribution in [3.8, 4) is 6.07 Å². The van der Waals surface area contributed by atoms with E-state index in [-0.39, 0.29) is 0 Å². The minimum Gasteiger partial charge on any atom is -0.276 e. The van der Waals surface area contributed by atoms with Gasteiger partial charge in [-0.1, -0.05) is 13.8 Å². The second-order valence-corrected chi connectivity index (χ2v) is 5.22. The number of hydrogen-bond donors (Lipinski definition) is 0. The van der Waals surface area contributed by atoms with E-state index in [1.165, 1.54) is 6.07 Å². The van der Waals surface area contributed by atoms with Gasteiger partial charge in [0, 0.05) is 15.7 Å². The molecule has 0 bridgehead atoms. The summed E-state index contributed by atoms with van der Waals surface area (Å²) in [4.78, 5) is 12.0. The fourth-order valence-corrected chi connectivity index (χ4v) is 2.26. The number of benzene rings is 1. The Kier molecular flexibility index (Phi) is 4.19. The molecule has 1 rings (SSSR count). The molecule has 1 aromatic rings. The van der Waals surface area contributed by atoms with E-state index in [1.54, 1.807) is 23.9 Å². The topological polar surface area (TPSA) is 40.9 Å². The summed E-state index contributed by atoms with van der Waals surface area (Å²) in [6.07, 6.45) is 0. The second kappa shape index (κ2) is 5.20. The van der Waals surface area contributed by atoms with E-state index in [9.17, 15) is 4.79 Å². The molecule has 78 valence electrons. The van der Waals surface area contributed by atoms with Crippen LogP contribution < -0.4 is 0 Å². The third kappa shape index (κ3) is 3.26. The highest BCUT2D eigenvalue weighted by atomic mass is 35.5. The summed E-state index contributed by atoms with van der Waals surface area (Å²) in [5, 5.41) is 8.56. The Bertz CT molecular complexity index is 423. The van der Waals surface area contributed by atoms with Gasteiger partial charge in [-0.2, -0.15) is 5.26 Å². The molecule has 0 aliphatic carbocycles. The maximum absolute atomic E-state index is 11.2. The fraction of sp³-hybridized carbons (Fsp3) is 0.273. The van der Waals surface area contributed by atoms with Crippen LogP contribution >= 0.6 is 23.4 Å². The van der Waals surface area contributed by atoms with Gasteiger partial charge >= 0.3 is 0 Å². The van der Waals surface area contributed by atoms with E-state index in [4.69, 9.17) is 16.9 Å². The van der Waals surface area contributed by atoms with E-state index in [0.29, 0.717) is 16.4 Å². The van der Waals surface area contributed by atoms with Gasteiger partial charge in [0.2, 0.25) is 0 Å². The first-order valence-corrected chi connectivity index (χ1v) is 5.71. The molecule has 0 spiro atoms. The van der Waals surface area contributed by atoms with Gasteiger partial charge in [-0.3, -0.25) is 4.79 Å². The standard InChI is InChI=1S/C11H10ClNOS/c1-7(2)15-10-4-3-8(6-13)5-9(10)11(12)14/h3-5,7H,1-2H3. The van der Waals surface area contributed by atoms with Crippen LogP contribution in [0.5, 0.6) is 0 Å². The Hall–Kier alpha value is -0.980. The van der Waals surface area contributed by atoms with Crippen molar-refractivity contribution in [3.05, 3.63) is 29.3 Å². The summed E-state index contributed by atoms with van der Waals surface area (Å²) in [6.45, 7) is 4.07. The fourth-order valence-electron chi connectivity index (χ4n) is 1.11. The third-order valence-electron chi connectivity index (χ3n) is 1.68. The van der Waals surface area contributed by atoms with E-state index >= 15 is 0 Å². The van der Waals surface area contributed by atoms with Crippen LogP contribution in [0.4, 0.5) is 0 Å². The van der Waals surface area contributed by atoms with Crippen LogP contribution in [0, 0.1) is 11.3 Å². The molecule has 0 aromatic heterocycles. The Morgan fingerprint density at radius 1 is 1.53 bits per heavy atom. The summed E-state index contributed by atoms with van der Waals surface area (Å²) >= 11 is 7.02. The molecule has 4 heteroatoms. The van der Waals surface area contributed by atoms with E-state index in [0.717, 1.165) is 4.90 Å². The molecular weight excluding hydrogens is 230 g/mol. The Labute approximate surface area is 98.2 Å². The Morgan fingerprint density at radius 3 is 2.67 bits per heavy atom. The van der Waals surface area contributed by atoms with Crippen molar-refractivity contribution in [2.24, 2.45) is 0 Å². The van der Waals surface area contributed by atoms with Crippen molar-refractivity contribution in [1.29, 1.82) is 5.26 Å². The molecule has 0 atom stereocenters. The molecule has 0 radical (unpaired) electrons. The third-order valence-corrected chi connectivity index (χ3v) is 2.97. The Morgan fingerprint density at radius 2 is 2.20 bits per heavy atom. The maximum Gasteiger partial charge on any atom is 0.253 e. The summed E-state index contributed by atoms with van der Waals surface area (Å²) in [7, 11) is 0. The van der Waals surface area contributed by atoms with Gasteiger partial charge in [0.25, 0.3) is 5.24 Å². The van der Waals surface area contributed by atoms with Gasteiger partial charge in [-0.05, 0) is 29.8 Å². The molecule has 0 heterocycles. The van der Waals surface area contributed by atoms with Crippen LogP contribution in [0.2, 0.25) is 0 Å². The lowest BCUT2D eigenvalue weighted by Crippen LogP contribution is -1.96. The number of hydrogen-bond acceptors (Lipinski definition) is 3. The van der Waals surface area contributed by atoms with Gasteiger partial charge in [-0.25, -0.2) is 0 Å². The predicted molar refractivity (Wildman–Crippen MR) is 62.3 cm³/mol. The van der Waals surface area contributed by atoms with Crippen molar-refractivity contribution in [3.63, 3.8) is 0 Å². The molecule has 0 saturated carbocycles. The molecule has 0 fully saturated rings. The molecule has 0 amide bonds. The molecule has 0 saturated heterocycles. The molecular formula is C11H10ClNOS. The zero-order valence-corrected chi connectivity index (χ0v) is 10.0. The van der Waals surface area contributed by atoms with Gasteiger partial charge in [0.1, 0.15) is 0 Å². The minimum absolute atomic E-state index is 0.368. The van der Waals surface area contributed by atoms with Gasteiger partial charge in [0.15, 0.2) is 0 Å². The minimum atomic E-state index is -0.518. The van der Waals surface area contributed by atoms with Gasteiger partial charge in [-0.15, -0.1) is 11.8 Å². The lowest BCUT2D eigenvalue weighted by molar-refractivity contribution is 0.107. The summed E-state index contributed by atoms with van der Waals surface area (Å²) in [6, 6.07) is 6.96. The van der Waals surface area contributed by atoms with Crippen molar-refractivity contribution in [2.45, 2.75) is 24.0 Å². The number of nitriles is 1. The summed E-state index contributed by atoms with van der Waals surface area (Å²) < 4.78 is 0. The highest BCUT2D eigenvalue weighted by molar-refractivity contribution is 8.00. The van der Waals surface area contributed by atoms with Crippen LogP contribution in [-0.2, 0) is 0 Å². The lowest BCUT2D eigenvalue weighted by Gasteiger charge is -2.08. The average Bonchev–Trinajstić information content (AvgIpc) is 2.17. The quantitative estimate of drug-likeness (QED) is 0.599. The zero-order valence-electron chi connectivity index (χ0n) is 8.45. The first-order valence-electron chi connectivity index (χ1n) is 4.45. The van der Waals surface area contributed by atoms with Gasteiger partial charge in [0.05, 0.1) is 11.6 Å². The number of carbonyl (C=O) groups excluding carboxylic acids is 1. The second-order valence-electron chi connectivity index (χ2n) is 3.26. The van der Waals surface area contributed by atoms with E-state index in [2.05, 4.69) is 0 Å². The van der Waals surface area contributed by atoms with Crippen molar-refractivity contribution in [1.82, 2.24) is 0 Å². The Balaban J connectivity index is 3.16. The SMILES string of the molecule is CC(C)Sc1ccc(C#N)cc1C(=O)Cl. The van der Waals surface area contributed by atoms with Gasteiger partial charge < -0.3 is 0 Å². The first-order chi connectivity index (χ1) is 7.04. The number of carbonyl (C=O) groups is 1. The monoisotopic (exact) mass is 239 g/mol. The maximum atomic E-state index is 11.2. The lowest BCUT2D eigenvalue weighted by atomic mass is 10.1. The van der Waals surface area contributed by atoms with Crippen molar-refractivity contribution in [2.75, 3.05) is 0 Å². The largest absolute Gasteiger partial charge is 0.276 e. The molecule has 15 heavy (non-hydrogen) atoms. The molecule has 0 aliphatic rings. The average molecular weight is 240 g/mol. The predicted octanol–water partition coefficient (Wildman–Crippen LogP) is 3.44. The normalized spacial score (nSPS) is 10.1. The van der Waals surface area contributed by atoms with Crippen molar-refractivity contribution >= 4 is 28.6 Å². The van der Waals surface area contributed by atoms with Crippen LogP contribution in [0.3, 0.4) is 0 Å². The van der Waals surface area contributed by atoms with Crippen LogP contribution in [0.25, 0.3) is 0 Å². The molecule has 0 aliphatic heterocycles. The van der Waals surface area contributed by atoms with Crippen molar-refractivity contribution < 1.29 is 4.79 Å². The van der Waals surface area contributed by atoms with Crippen LogP contribution in [-0.4, -0.2) is 10.5 Å². The summed E-state index contributed by atoms with van der Waals surface area (Å²) in [5.41, 5.74) is 0.863. The smallest absolute Gasteiger partial charge is 0.253 e. The van der Waals surface area contributed by atoms with Crippen LogP contribution in [0.1, 0.15) is 29.8 Å². The number of halogens is 1. The number of rotatable bonds is 3. The zero-order chi connectivity index (χ0) is 11.4. The highest BCUT2D eigenvalue weighted by Crippen LogP contribution is 2.28. The van der Waals surface area contributed by atoms with Crippen LogP contribution in [0.15, 0.2) is 23.1 Å². The molecule has 2 nitrogen and oxygen atoms in total. The molecule has 0 unspecified atom stereocenters. The number of nitrogens with zero attached hydrogens (tertiary/aromatic N) is 1. The van der Waals surface area contributed by atoms with E-state index < -0.39 is 5.24 Å². The summed E-state index contributed by atoms with van der Waals surface area (Å²) in [5.74, 6) is 0. The first kappa shape index (κ1) is 12.1. The molecule has 1 aromatic carbocycles. The highest BCUT2D eigenvalue weighted by Gasteiger charge is 2.11.